The second-order valence-corrected chi connectivity index (χ2v) is 6.11. The maximum atomic E-state index is 12.4. The van der Waals surface area contributed by atoms with Crippen molar-refractivity contribution in [3.63, 3.8) is 0 Å². The van der Waals surface area contributed by atoms with Gasteiger partial charge < -0.3 is 30.6 Å². The average molecular weight is 359 g/mol. The number of fused-ring (bicyclic) bond motifs is 1. The van der Waals surface area contributed by atoms with Gasteiger partial charge in [-0.3, -0.25) is 9.59 Å². The van der Waals surface area contributed by atoms with Crippen LogP contribution in [-0.2, 0) is 28.6 Å². The molecule has 0 bridgehead atoms. The monoisotopic (exact) mass is 359 g/mol. The van der Waals surface area contributed by atoms with Gasteiger partial charge in [-0.25, -0.2) is 9.59 Å². The van der Waals surface area contributed by atoms with Crippen LogP contribution in [0.25, 0.3) is 0 Å². The summed E-state index contributed by atoms with van der Waals surface area (Å²) in [5, 5.41) is 1.16. The van der Waals surface area contributed by atoms with Crippen molar-refractivity contribution < 1.29 is 33.4 Å². The molecule has 0 spiro atoms. The zero-order valence-electron chi connectivity index (χ0n) is 13.0. The molecule has 132 valence electrons. The highest BCUT2D eigenvalue weighted by Gasteiger charge is 2.54. The molecule has 4 atom stereocenters. The number of primary amides is 1. The van der Waals surface area contributed by atoms with Crippen LogP contribution in [0.2, 0.25) is 0 Å². The van der Waals surface area contributed by atoms with Gasteiger partial charge in [0.1, 0.15) is 18.0 Å². The zero-order valence-corrected chi connectivity index (χ0v) is 13.8. The van der Waals surface area contributed by atoms with Crippen LogP contribution in [0.1, 0.15) is 13.8 Å². The quantitative estimate of drug-likeness (QED) is 0.359. The van der Waals surface area contributed by atoms with Crippen LogP contribution >= 0.6 is 11.8 Å². The summed E-state index contributed by atoms with van der Waals surface area (Å²) in [4.78, 5) is 47.3. The Morgan fingerprint density at radius 1 is 1.38 bits per heavy atom. The third-order valence-corrected chi connectivity index (χ3v) is 4.57. The van der Waals surface area contributed by atoms with Gasteiger partial charge >= 0.3 is 18.0 Å². The van der Waals surface area contributed by atoms with Gasteiger partial charge in [-0.2, -0.15) is 0 Å². The van der Waals surface area contributed by atoms with Gasteiger partial charge in [-0.05, 0) is 5.41 Å². The number of thioether (sulfide) groups is 1. The summed E-state index contributed by atoms with van der Waals surface area (Å²) in [7, 11) is 0. The molecule has 2 aliphatic rings. The highest BCUT2D eigenvalue weighted by molar-refractivity contribution is 8.02. The lowest BCUT2D eigenvalue weighted by molar-refractivity contribution is -0.189. The molecular formula is C13H17N3O7S. The smallest absolute Gasteiger partial charge is 0.404 e. The van der Waals surface area contributed by atoms with E-state index in [-0.39, 0.29) is 6.61 Å². The molecule has 4 N–H and O–H groups in total. The molecule has 0 aromatic carbocycles. The molecule has 0 radical (unpaired) electrons. The first-order valence-electron chi connectivity index (χ1n) is 6.94. The van der Waals surface area contributed by atoms with E-state index in [1.807, 2.05) is 0 Å². The molecule has 0 saturated carbocycles. The first kappa shape index (κ1) is 18.1. The Balaban J connectivity index is 2.16. The number of nitrogens with two attached hydrogens (primary N) is 2. The Hall–Kier alpha value is -2.27. The van der Waals surface area contributed by atoms with Crippen molar-refractivity contribution in [2.45, 2.75) is 37.6 Å². The van der Waals surface area contributed by atoms with Crippen LogP contribution < -0.4 is 11.5 Å². The zero-order chi connectivity index (χ0) is 18.0. The van der Waals surface area contributed by atoms with Crippen molar-refractivity contribution >= 4 is 35.7 Å². The molecule has 2 amide bonds. The lowest BCUT2D eigenvalue weighted by Crippen LogP contribution is -2.72. The summed E-state index contributed by atoms with van der Waals surface area (Å²) >= 11 is 1.23. The predicted octanol–water partition coefficient (Wildman–Crippen LogP) is -0.971. The van der Waals surface area contributed by atoms with E-state index in [0.717, 1.165) is 0 Å². The molecule has 2 rings (SSSR count). The highest BCUT2D eigenvalue weighted by Crippen LogP contribution is 2.39. The van der Waals surface area contributed by atoms with Crippen molar-refractivity contribution in [1.29, 1.82) is 0 Å². The summed E-state index contributed by atoms with van der Waals surface area (Å²) in [6.07, 6.45) is -2.15. The Morgan fingerprint density at radius 2 is 2.04 bits per heavy atom. The van der Waals surface area contributed by atoms with Crippen LogP contribution in [0.4, 0.5) is 4.79 Å². The normalized spacial score (nSPS) is 26.5. The van der Waals surface area contributed by atoms with Gasteiger partial charge in [-0.1, -0.05) is 0 Å². The van der Waals surface area contributed by atoms with Crippen molar-refractivity contribution in [2.24, 2.45) is 11.5 Å². The highest BCUT2D eigenvalue weighted by atomic mass is 32.2. The van der Waals surface area contributed by atoms with E-state index in [0.29, 0.717) is 5.57 Å². The van der Waals surface area contributed by atoms with E-state index in [1.54, 1.807) is 5.41 Å². The molecule has 10 nitrogen and oxygen atoms in total. The molecule has 1 saturated heterocycles. The topological polar surface area (TPSA) is 151 Å². The number of ether oxygens (including phenoxy) is 3. The van der Waals surface area contributed by atoms with Crippen LogP contribution in [0.15, 0.2) is 11.0 Å². The molecule has 2 heterocycles. The molecule has 0 aliphatic carbocycles. The summed E-state index contributed by atoms with van der Waals surface area (Å²) in [5.41, 5.74) is 10.9. The lowest BCUT2D eigenvalue weighted by Gasteiger charge is -2.50. The summed E-state index contributed by atoms with van der Waals surface area (Å²) in [6, 6.07) is -1.85. The maximum Gasteiger partial charge on any atom is 0.404 e. The van der Waals surface area contributed by atoms with Crippen LogP contribution in [0, 0.1) is 0 Å². The molecule has 0 aromatic rings. The number of hydrogen-bond acceptors (Lipinski definition) is 9. The van der Waals surface area contributed by atoms with E-state index in [9.17, 15) is 19.2 Å². The fraction of sp³-hybridized carbons (Fsp3) is 0.538. The minimum Gasteiger partial charge on any atom is -0.445 e. The van der Waals surface area contributed by atoms with E-state index in [1.165, 1.54) is 30.5 Å². The third-order valence-electron chi connectivity index (χ3n) is 3.33. The molecule has 11 heteroatoms. The van der Waals surface area contributed by atoms with Crippen LogP contribution in [-0.4, -0.2) is 59.2 Å². The van der Waals surface area contributed by atoms with Gasteiger partial charge in [-0.15, -0.1) is 11.8 Å². The van der Waals surface area contributed by atoms with Crippen LogP contribution in [0.5, 0.6) is 0 Å². The maximum absolute atomic E-state index is 12.4. The fourth-order valence-corrected chi connectivity index (χ4v) is 3.51. The van der Waals surface area contributed by atoms with Crippen molar-refractivity contribution in [2.75, 3.05) is 6.61 Å². The molecular weight excluding hydrogens is 342 g/mol. The van der Waals surface area contributed by atoms with Gasteiger partial charge in [0.05, 0.1) is 0 Å². The van der Waals surface area contributed by atoms with E-state index < -0.39 is 47.7 Å². The van der Waals surface area contributed by atoms with Crippen molar-refractivity contribution in [3.8, 4) is 0 Å². The summed E-state index contributed by atoms with van der Waals surface area (Å²) < 4.78 is 14.5. The first-order valence-corrected chi connectivity index (χ1v) is 7.88. The molecule has 24 heavy (non-hydrogen) atoms. The Bertz CT molecular complexity index is 608. The summed E-state index contributed by atoms with van der Waals surface area (Å²) in [6.45, 7) is 2.25. The predicted molar refractivity (Wildman–Crippen MR) is 80.9 cm³/mol. The summed E-state index contributed by atoms with van der Waals surface area (Å²) in [5.74, 6) is -1.88. The van der Waals surface area contributed by atoms with Crippen molar-refractivity contribution in [1.82, 2.24) is 4.90 Å². The number of hydrogen-bond donors (Lipinski definition) is 2. The lowest BCUT2D eigenvalue weighted by atomic mass is 9.99. The van der Waals surface area contributed by atoms with Gasteiger partial charge in [0.15, 0.2) is 6.04 Å². The standard InChI is InChI=1S/C13H17N3O7S/c1-5(17)22-6(2)23-12(19)9-7(3-21-13(15)20)4-24-11-8(14)10(18)16(9)11/h4,6,8-9,11H,3,14H2,1-2H3,(H2,15,20)/t6?,8-,9?,11-/m1/s1. The molecule has 2 unspecified atom stereocenters. The third kappa shape index (κ3) is 3.62. The van der Waals surface area contributed by atoms with E-state index >= 15 is 0 Å². The van der Waals surface area contributed by atoms with E-state index in [2.05, 4.69) is 0 Å². The number of β-lactam (4-membered cyclic amide) rings is 1. The number of rotatable bonds is 5. The van der Waals surface area contributed by atoms with E-state index in [4.69, 9.17) is 25.7 Å². The van der Waals surface area contributed by atoms with Crippen molar-refractivity contribution in [3.05, 3.63) is 11.0 Å². The van der Waals surface area contributed by atoms with Gasteiger partial charge in [0, 0.05) is 19.4 Å². The average Bonchev–Trinajstić information content (AvgIpc) is 2.49. The number of esters is 2. The fourth-order valence-electron chi connectivity index (χ4n) is 2.35. The number of amides is 2. The molecule has 0 aromatic heterocycles. The van der Waals surface area contributed by atoms with Gasteiger partial charge in [0.25, 0.3) is 0 Å². The van der Waals surface area contributed by atoms with Crippen LogP contribution in [0.3, 0.4) is 0 Å². The number of nitrogens with zero attached hydrogens (tertiary/aromatic N) is 1. The largest absolute Gasteiger partial charge is 0.445 e. The SMILES string of the molecule is CC(=O)OC(C)OC(=O)C1C(COC(N)=O)=CS[C@@H]2[C@H](N)C(=O)N12. The molecule has 1 fully saturated rings. The Morgan fingerprint density at radius 3 is 2.62 bits per heavy atom. The Kier molecular flexibility index (Phi) is 5.34. The molecule has 2 aliphatic heterocycles. The number of carbonyl (C=O) groups excluding carboxylic acids is 4. The Labute approximate surface area is 141 Å². The minimum atomic E-state index is -1.13. The second-order valence-electron chi connectivity index (χ2n) is 5.11. The first-order chi connectivity index (χ1) is 11.2. The minimum absolute atomic E-state index is 0.282. The van der Waals surface area contributed by atoms with Gasteiger partial charge in [0.2, 0.25) is 12.2 Å². The second kappa shape index (κ2) is 7.09. The number of carbonyl (C=O) groups is 4.